The van der Waals surface area contributed by atoms with Gasteiger partial charge in [0.2, 0.25) is 10.8 Å². The van der Waals surface area contributed by atoms with E-state index >= 15 is 0 Å². The summed E-state index contributed by atoms with van der Waals surface area (Å²) in [6.07, 6.45) is 0.914. The number of nitrogens with one attached hydrogen (secondary N) is 1. The quantitative estimate of drug-likeness (QED) is 0.0364. The number of ether oxygens (including phenoxy) is 1. The van der Waals surface area contributed by atoms with Crippen LogP contribution in [0, 0.1) is 23.7 Å². The molecule has 1 radical (unpaired) electrons. The highest BCUT2D eigenvalue weighted by atomic mass is 127. The third-order valence-corrected chi connectivity index (χ3v) is 17.2. The summed E-state index contributed by atoms with van der Waals surface area (Å²) in [6, 6.07) is 0.463. The van der Waals surface area contributed by atoms with E-state index in [1.165, 1.54) is 21.3 Å². The van der Waals surface area contributed by atoms with Gasteiger partial charge in [0.15, 0.2) is 0 Å². The monoisotopic (exact) mass is 806 g/mol. The summed E-state index contributed by atoms with van der Waals surface area (Å²) < 4.78 is 39.9. The molecule has 259 valence electrons. The standard InChI is InChI=1S/C27H51BINO12PSi2/c1-10-20(45(39-11-2,40-12-3)41-13-4)21-19(25(34)42-26(21)35)17-27(6,43-28-29)22(24(32)33)18(5)23(31)30-15-14-16-44(36-7,37-8)38-9/h18-22,43H,10-17H2,1-9H3,(H,30,31)(H,32,33). The van der Waals surface area contributed by atoms with Gasteiger partial charge in [0.25, 0.3) is 0 Å². The lowest BCUT2D eigenvalue weighted by Gasteiger charge is -2.42. The van der Waals surface area contributed by atoms with Crippen LogP contribution in [0.5, 0.6) is 0 Å². The summed E-state index contributed by atoms with van der Waals surface area (Å²) in [7, 11) is -1.84. The molecule has 2 N–H and O–H groups in total. The molecular weight excluding hydrogens is 755 g/mol. The van der Waals surface area contributed by atoms with Gasteiger partial charge in [-0.3, -0.25) is 19.2 Å². The second-order valence-corrected chi connectivity index (χ2v) is 20.4. The Labute approximate surface area is 285 Å². The van der Waals surface area contributed by atoms with E-state index in [4.69, 9.17) is 31.3 Å². The molecule has 7 atom stereocenters. The Morgan fingerprint density at radius 1 is 1.04 bits per heavy atom. The first kappa shape index (κ1) is 42.5. The summed E-state index contributed by atoms with van der Waals surface area (Å²) in [5.74, 6) is -7.08. The molecule has 0 saturated carbocycles. The van der Waals surface area contributed by atoms with Crippen LogP contribution in [-0.4, -0.2) is 104 Å². The van der Waals surface area contributed by atoms with Crippen molar-refractivity contribution in [2.75, 3.05) is 47.7 Å². The Bertz CT molecular complexity index is 959. The van der Waals surface area contributed by atoms with Crippen molar-refractivity contribution in [3.8, 4) is 0 Å². The van der Waals surface area contributed by atoms with Crippen molar-refractivity contribution in [1.29, 1.82) is 0 Å². The molecule has 18 heteroatoms. The summed E-state index contributed by atoms with van der Waals surface area (Å²) in [5.41, 5.74) is -0.594. The van der Waals surface area contributed by atoms with Gasteiger partial charge < -0.3 is 41.7 Å². The third kappa shape index (κ3) is 10.7. The molecule has 0 aliphatic carbocycles. The molecule has 1 amide bonds. The molecule has 1 heterocycles. The van der Waals surface area contributed by atoms with Gasteiger partial charge in [-0.05, 0) is 45.2 Å². The minimum Gasteiger partial charge on any atom is -0.481 e. The number of hydrogen-bond acceptors (Lipinski definition) is 11. The Kier molecular flexibility index (Phi) is 19.0. The number of esters is 2. The lowest BCUT2D eigenvalue weighted by molar-refractivity contribution is -0.154. The number of carboxylic acids is 1. The molecule has 1 aliphatic heterocycles. The first-order chi connectivity index (χ1) is 21.3. The van der Waals surface area contributed by atoms with Crippen molar-refractivity contribution in [3.63, 3.8) is 0 Å². The highest BCUT2D eigenvalue weighted by molar-refractivity contribution is 14.1. The maximum atomic E-state index is 13.3. The molecule has 1 fully saturated rings. The van der Waals surface area contributed by atoms with Gasteiger partial charge in [0, 0.05) is 65.2 Å². The van der Waals surface area contributed by atoms with E-state index in [1.54, 1.807) is 13.8 Å². The second kappa shape index (κ2) is 20.1. The third-order valence-electron chi connectivity index (χ3n) is 8.36. The van der Waals surface area contributed by atoms with Crippen molar-refractivity contribution in [2.24, 2.45) is 23.7 Å². The largest absolute Gasteiger partial charge is 0.505 e. The van der Waals surface area contributed by atoms with Crippen LogP contribution in [0.15, 0.2) is 0 Å². The molecule has 7 unspecified atom stereocenters. The van der Waals surface area contributed by atoms with Crippen LogP contribution >= 0.6 is 30.8 Å². The van der Waals surface area contributed by atoms with Gasteiger partial charge in [0.05, 0.1) is 17.8 Å². The van der Waals surface area contributed by atoms with E-state index in [9.17, 15) is 24.3 Å². The number of hydrogen-bond donors (Lipinski definition) is 2. The lowest BCUT2D eigenvalue weighted by Crippen LogP contribution is -2.54. The SMILES string of the molecule is CCO[Si](OCC)(OCC)C(CC)C1C(=O)OC(=O)C1CC(C)(P[B]I)C(C(=O)O)C(C)C(=O)NCCC[Si](OC)(OC)OC. The van der Waals surface area contributed by atoms with Crippen LogP contribution in [-0.2, 0) is 50.5 Å². The van der Waals surface area contributed by atoms with E-state index in [1.807, 2.05) is 54.9 Å². The molecule has 13 nitrogen and oxygen atoms in total. The smallest absolute Gasteiger partial charge is 0.481 e. The number of rotatable bonds is 24. The van der Waals surface area contributed by atoms with Crippen LogP contribution in [0.3, 0.4) is 0 Å². The Morgan fingerprint density at radius 2 is 1.58 bits per heavy atom. The first-order valence-corrected chi connectivity index (χ1v) is 21.3. The molecule has 1 aliphatic rings. The van der Waals surface area contributed by atoms with Gasteiger partial charge in [-0.2, -0.15) is 22.4 Å². The zero-order valence-corrected chi connectivity index (χ0v) is 33.1. The molecule has 1 rings (SSSR count). The van der Waals surface area contributed by atoms with E-state index in [-0.39, 0.29) is 41.2 Å². The van der Waals surface area contributed by atoms with E-state index in [2.05, 4.69) is 5.32 Å². The topological polar surface area (TPSA) is 165 Å². The van der Waals surface area contributed by atoms with Crippen LogP contribution in [0.1, 0.15) is 60.8 Å². The molecule has 0 aromatic heterocycles. The van der Waals surface area contributed by atoms with Gasteiger partial charge in [0.1, 0.15) is 0 Å². The van der Waals surface area contributed by atoms with Crippen LogP contribution in [0.4, 0.5) is 0 Å². The Hall–Kier alpha value is -0.501. The van der Waals surface area contributed by atoms with Crippen LogP contribution in [0.25, 0.3) is 0 Å². The lowest BCUT2D eigenvalue weighted by atomic mass is 9.74. The number of carbonyl (C=O) groups excluding carboxylic acids is 3. The average molecular weight is 807 g/mol. The number of carboxylic acid groups (broad SMARTS) is 1. The van der Waals surface area contributed by atoms with Gasteiger partial charge in [-0.25, -0.2) is 0 Å². The first-order valence-electron chi connectivity index (χ1n) is 15.3. The fourth-order valence-corrected chi connectivity index (χ4v) is 14.7. The molecular formula is C27H51BINO12PSi2. The van der Waals surface area contributed by atoms with Crippen molar-refractivity contribution in [1.82, 2.24) is 5.32 Å². The zero-order valence-electron chi connectivity index (χ0n) is 27.9. The second-order valence-electron chi connectivity index (χ2n) is 11.0. The molecule has 0 bridgehead atoms. The van der Waals surface area contributed by atoms with E-state index < -0.39 is 75.8 Å². The normalized spacial score (nSPS) is 20.9. The van der Waals surface area contributed by atoms with Crippen molar-refractivity contribution >= 4 is 77.1 Å². The molecule has 45 heavy (non-hydrogen) atoms. The summed E-state index contributed by atoms with van der Waals surface area (Å²) in [5, 5.41) is 12.3. The minimum atomic E-state index is -3.49. The number of amides is 1. The molecule has 1 saturated heterocycles. The number of carbonyl (C=O) groups is 4. The zero-order chi connectivity index (χ0) is 34.4. The summed E-state index contributed by atoms with van der Waals surface area (Å²) in [6.45, 7) is 11.8. The Balaban J connectivity index is 3.40. The number of halogens is 1. The number of aliphatic carboxylic acids is 1. The van der Waals surface area contributed by atoms with Crippen molar-refractivity contribution in [2.45, 2.75) is 77.5 Å². The molecule has 0 spiro atoms. The summed E-state index contributed by atoms with van der Waals surface area (Å²) >= 11 is 2.05. The molecule has 0 aromatic rings. The van der Waals surface area contributed by atoms with E-state index in [0.717, 1.165) is 0 Å². The predicted octanol–water partition coefficient (Wildman–Crippen LogP) is 3.65. The van der Waals surface area contributed by atoms with Gasteiger partial charge >= 0.3 is 35.5 Å². The fraction of sp³-hybridized carbons (Fsp3) is 0.852. The van der Waals surface area contributed by atoms with E-state index in [0.29, 0.717) is 18.9 Å². The number of cyclic esters (lactones) is 2. The highest BCUT2D eigenvalue weighted by Gasteiger charge is 2.61. The molecule has 0 aromatic carbocycles. The van der Waals surface area contributed by atoms with Crippen LogP contribution in [0.2, 0.25) is 11.6 Å². The van der Waals surface area contributed by atoms with Gasteiger partial charge in [-0.1, -0.05) is 20.8 Å². The minimum absolute atomic E-state index is 0.00373. The average Bonchev–Trinajstić information content (AvgIpc) is 3.25. The van der Waals surface area contributed by atoms with Gasteiger partial charge in [-0.15, -0.1) is 8.46 Å². The maximum Gasteiger partial charge on any atom is 0.505 e. The van der Waals surface area contributed by atoms with Crippen LogP contribution < -0.4 is 5.32 Å². The van der Waals surface area contributed by atoms with Crippen molar-refractivity contribution in [3.05, 3.63) is 0 Å². The Morgan fingerprint density at radius 3 is 2.00 bits per heavy atom. The highest BCUT2D eigenvalue weighted by Crippen LogP contribution is 2.52. The fourth-order valence-electron chi connectivity index (χ4n) is 6.26. The maximum absolute atomic E-state index is 13.3. The van der Waals surface area contributed by atoms with Crippen molar-refractivity contribution < 1.29 is 55.6 Å². The predicted molar refractivity (Wildman–Crippen MR) is 183 cm³/mol. The summed E-state index contributed by atoms with van der Waals surface area (Å²) in [4.78, 5) is 54.7.